The second kappa shape index (κ2) is 10.6. The van der Waals surface area contributed by atoms with Crippen molar-refractivity contribution in [2.45, 2.75) is 35.8 Å². The summed E-state index contributed by atoms with van der Waals surface area (Å²) in [6.07, 6.45) is 1.69. The van der Waals surface area contributed by atoms with Crippen molar-refractivity contribution in [3.8, 4) is 0 Å². The third-order valence-corrected chi connectivity index (χ3v) is 7.50. The first-order valence-corrected chi connectivity index (χ1v) is 12.2. The van der Waals surface area contributed by atoms with Crippen LogP contribution in [0.2, 0.25) is 5.02 Å². The summed E-state index contributed by atoms with van der Waals surface area (Å²) in [5, 5.41) is 5.76. The lowest BCUT2D eigenvalue weighted by Gasteiger charge is -2.32. The van der Waals surface area contributed by atoms with Gasteiger partial charge in [0.05, 0.1) is 10.9 Å². The van der Waals surface area contributed by atoms with Gasteiger partial charge in [0.25, 0.3) is 0 Å². The second-order valence-corrected chi connectivity index (χ2v) is 9.91. The number of hydrogen-bond donors (Lipinski definition) is 2. The van der Waals surface area contributed by atoms with Gasteiger partial charge in [0, 0.05) is 41.9 Å². The fourth-order valence-corrected chi connectivity index (χ4v) is 5.36. The van der Waals surface area contributed by atoms with Gasteiger partial charge in [0.1, 0.15) is 5.82 Å². The Bertz CT molecular complexity index is 1060. The standard InChI is InChI=1S/C24H25ClFN3O3S/c25-17-5-6-20-19(13-17)28-24(32)21(33-20)14-22(30)29-11-8-16(9-12-29)23(31)27-10-7-15-3-1-2-4-18(15)26/h1-6,13,16,21H,7-12,14H2,(H,27,31)(H,28,32). The smallest absolute Gasteiger partial charge is 0.238 e. The molecular formula is C24H25ClFN3O3S. The van der Waals surface area contributed by atoms with Gasteiger partial charge in [-0.25, -0.2) is 4.39 Å². The van der Waals surface area contributed by atoms with Crippen molar-refractivity contribution in [3.05, 3.63) is 58.9 Å². The van der Waals surface area contributed by atoms with E-state index in [0.717, 1.165) is 4.90 Å². The van der Waals surface area contributed by atoms with Crippen molar-refractivity contribution in [1.29, 1.82) is 0 Å². The lowest BCUT2D eigenvalue weighted by Crippen LogP contribution is -2.44. The first-order chi connectivity index (χ1) is 15.9. The first kappa shape index (κ1) is 23.6. The van der Waals surface area contributed by atoms with Crippen molar-refractivity contribution >= 4 is 46.8 Å². The summed E-state index contributed by atoms with van der Waals surface area (Å²) in [5.41, 5.74) is 1.25. The van der Waals surface area contributed by atoms with Gasteiger partial charge in [-0.2, -0.15) is 0 Å². The Balaban J connectivity index is 1.22. The van der Waals surface area contributed by atoms with Crippen LogP contribution in [0.5, 0.6) is 0 Å². The van der Waals surface area contributed by atoms with Crippen LogP contribution < -0.4 is 10.6 Å². The molecule has 1 saturated heterocycles. The summed E-state index contributed by atoms with van der Waals surface area (Å²) < 4.78 is 13.7. The number of nitrogens with one attached hydrogen (secondary N) is 2. The molecule has 2 aromatic carbocycles. The topological polar surface area (TPSA) is 78.5 Å². The molecule has 4 rings (SSSR count). The summed E-state index contributed by atoms with van der Waals surface area (Å²) >= 11 is 7.35. The maximum atomic E-state index is 13.7. The molecule has 0 aliphatic carbocycles. The van der Waals surface area contributed by atoms with Crippen molar-refractivity contribution in [2.75, 3.05) is 25.0 Å². The molecule has 0 radical (unpaired) electrons. The van der Waals surface area contributed by atoms with E-state index in [2.05, 4.69) is 10.6 Å². The quantitative estimate of drug-likeness (QED) is 0.645. The highest BCUT2D eigenvalue weighted by atomic mass is 35.5. The van der Waals surface area contributed by atoms with Gasteiger partial charge in [-0.1, -0.05) is 29.8 Å². The molecule has 2 aromatic rings. The van der Waals surface area contributed by atoms with E-state index < -0.39 is 5.25 Å². The number of rotatable bonds is 6. The minimum atomic E-state index is -0.495. The molecule has 33 heavy (non-hydrogen) atoms. The maximum absolute atomic E-state index is 13.7. The van der Waals surface area contributed by atoms with Gasteiger partial charge >= 0.3 is 0 Å². The number of nitrogens with zero attached hydrogens (tertiary/aromatic N) is 1. The van der Waals surface area contributed by atoms with Crippen LogP contribution in [-0.2, 0) is 20.8 Å². The van der Waals surface area contributed by atoms with Gasteiger partial charge in [-0.15, -0.1) is 11.8 Å². The third kappa shape index (κ3) is 5.86. The van der Waals surface area contributed by atoms with E-state index in [4.69, 9.17) is 11.6 Å². The van der Waals surface area contributed by atoms with Crippen LogP contribution in [0.15, 0.2) is 47.4 Å². The number of amides is 3. The normalized spacial score (nSPS) is 18.4. The highest BCUT2D eigenvalue weighted by Crippen LogP contribution is 2.38. The average molecular weight is 490 g/mol. The molecule has 0 bridgehead atoms. The van der Waals surface area contributed by atoms with E-state index in [9.17, 15) is 18.8 Å². The molecular weight excluding hydrogens is 465 g/mol. The van der Waals surface area contributed by atoms with Crippen molar-refractivity contribution < 1.29 is 18.8 Å². The molecule has 0 aromatic heterocycles. The number of anilines is 1. The zero-order valence-corrected chi connectivity index (χ0v) is 19.6. The summed E-state index contributed by atoms with van der Waals surface area (Å²) in [7, 11) is 0. The van der Waals surface area contributed by atoms with Gasteiger partial charge in [0.2, 0.25) is 17.7 Å². The highest BCUT2D eigenvalue weighted by Gasteiger charge is 2.33. The zero-order valence-electron chi connectivity index (χ0n) is 18.0. The lowest BCUT2D eigenvalue weighted by atomic mass is 9.95. The molecule has 2 aliphatic heterocycles. The number of piperidine rings is 1. The monoisotopic (exact) mass is 489 g/mol. The first-order valence-electron chi connectivity index (χ1n) is 11.0. The molecule has 1 fully saturated rings. The van der Waals surface area contributed by atoms with E-state index >= 15 is 0 Å². The van der Waals surface area contributed by atoms with Gasteiger partial charge < -0.3 is 15.5 Å². The zero-order chi connectivity index (χ0) is 23.4. The molecule has 0 spiro atoms. The number of likely N-dealkylation sites (tertiary alicyclic amines) is 1. The predicted octanol–water partition coefficient (Wildman–Crippen LogP) is 3.88. The molecule has 2 N–H and O–H groups in total. The number of benzene rings is 2. The van der Waals surface area contributed by atoms with Gasteiger partial charge in [-0.05, 0) is 49.1 Å². The Kier molecular flexibility index (Phi) is 7.55. The molecule has 1 unspecified atom stereocenters. The van der Waals surface area contributed by atoms with Crippen molar-refractivity contribution in [1.82, 2.24) is 10.2 Å². The Hall–Kier alpha value is -2.58. The Morgan fingerprint density at radius 2 is 1.94 bits per heavy atom. The maximum Gasteiger partial charge on any atom is 0.238 e. The molecule has 0 saturated carbocycles. The fourth-order valence-electron chi connectivity index (χ4n) is 4.10. The van der Waals surface area contributed by atoms with Crippen molar-refractivity contribution in [2.24, 2.45) is 5.92 Å². The Morgan fingerprint density at radius 3 is 2.70 bits per heavy atom. The number of halogens is 2. The summed E-state index contributed by atoms with van der Waals surface area (Å²) in [6, 6.07) is 11.8. The number of fused-ring (bicyclic) bond motifs is 1. The summed E-state index contributed by atoms with van der Waals surface area (Å²) in [6.45, 7) is 1.34. The van der Waals surface area contributed by atoms with Crippen LogP contribution in [0.4, 0.5) is 10.1 Å². The molecule has 2 aliphatic rings. The van der Waals surface area contributed by atoms with E-state index in [-0.39, 0.29) is 35.9 Å². The van der Waals surface area contributed by atoms with Crippen LogP contribution in [0.25, 0.3) is 0 Å². The number of carbonyl (C=O) groups is 3. The second-order valence-electron chi connectivity index (χ2n) is 8.23. The predicted molar refractivity (Wildman–Crippen MR) is 127 cm³/mol. The minimum absolute atomic E-state index is 0.0593. The van der Waals surface area contributed by atoms with E-state index in [1.54, 1.807) is 35.2 Å². The number of thioether (sulfide) groups is 1. The number of carbonyl (C=O) groups excluding carboxylic acids is 3. The van der Waals surface area contributed by atoms with E-state index in [0.29, 0.717) is 55.2 Å². The Morgan fingerprint density at radius 1 is 1.18 bits per heavy atom. The van der Waals surface area contributed by atoms with Crippen LogP contribution in [0.3, 0.4) is 0 Å². The summed E-state index contributed by atoms with van der Waals surface area (Å²) in [4.78, 5) is 40.3. The Labute approximate surface area is 201 Å². The number of hydrogen-bond acceptors (Lipinski definition) is 4. The van der Waals surface area contributed by atoms with Crippen LogP contribution in [0.1, 0.15) is 24.8 Å². The van der Waals surface area contributed by atoms with Gasteiger partial charge in [-0.3, -0.25) is 14.4 Å². The molecule has 3 amide bonds. The lowest BCUT2D eigenvalue weighted by molar-refractivity contribution is -0.136. The van der Waals surface area contributed by atoms with Crippen LogP contribution in [-0.4, -0.2) is 47.5 Å². The molecule has 174 valence electrons. The largest absolute Gasteiger partial charge is 0.356 e. The van der Waals surface area contributed by atoms with Crippen LogP contribution in [0, 0.1) is 11.7 Å². The molecule has 1 atom stereocenters. The molecule has 6 nitrogen and oxygen atoms in total. The van der Waals surface area contributed by atoms with Crippen LogP contribution >= 0.6 is 23.4 Å². The minimum Gasteiger partial charge on any atom is -0.356 e. The molecule has 9 heteroatoms. The van der Waals surface area contributed by atoms with E-state index in [1.807, 2.05) is 6.07 Å². The highest BCUT2D eigenvalue weighted by molar-refractivity contribution is 8.01. The molecule has 2 heterocycles. The fraction of sp³-hybridized carbons (Fsp3) is 0.375. The van der Waals surface area contributed by atoms with Gasteiger partial charge in [0.15, 0.2) is 0 Å². The van der Waals surface area contributed by atoms with E-state index in [1.165, 1.54) is 17.8 Å². The van der Waals surface area contributed by atoms with Crippen molar-refractivity contribution in [3.63, 3.8) is 0 Å². The summed E-state index contributed by atoms with van der Waals surface area (Å²) in [5.74, 6) is -0.782. The third-order valence-electron chi connectivity index (χ3n) is 5.99. The average Bonchev–Trinajstić information content (AvgIpc) is 2.81. The SMILES string of the molecule is O=C(NCCc1ccccc1F)C1CCN(C(=O)CC2Sc3ccc(Cl)cc3NC2=O)CC1.